The quantitative estimate of drug-likeness (QED) is 0.851. The Bertz CT molecular complexity index is 662. The van der Waals surface area contributed by atoms with Crippen LogP contribution in [0.25, 0.3) is 5.52 Å². The molecular weight excluding hydrogens is 272 g/mol. The number of ether oxygens (including phenoxy) is 1. The number of methoxy groups -OCH3 is 1. The fraction of sp³-hybridized carbons (Fsp3) is 0.429. The summed E-state index contributed by atoms with van der Waals surface area (Å²) >= 11 is 0. The van der Waals surface area contributed by atoms with E-state index in [9.17, 15) is 9.90 Å². The first-order valence-corrected chi connectivity index (χ1v) is 6.91. The number of pyridine rings is 1. The van der Waals surface area contributed by atoms with Gasteiger partial charge in [-0.1, -0.05) is 6.07 Å². The van der Waals surface area contributed by atoms with Crippen LogP contribution in [-0.4, -0.2) is 58.6 Å². The van der Waals surface area contributed by atoms with Gasteiger partial charge in [-0.05, 0) is 12.1 Å². The molecule has 0 amide bonds. The molecule has 0 aromatic carbocycles. The van der Waals surface area contributed by atoms with Crippen molar-refractivity contribution in [1.82, 2.24) is 19.6 Å². The van der Waals surface area contributed by atoms with Gasteiger partial charge in [0, 0.05) is 26.2 Å². The summed E-state index contributed by atoms with van der Waals surface area (Å²) in [7, 11) is 1.57. The summed E-state index contributed by atoms with van der Waals surface area (Å²) in [5, 5.41) is 12.6. The van der Waals surface area contributed by atoms with Crippen LogP contribution in [0.3, 0.4) is 0 Å². The Hall–Kier alpha value is -2.12. The topological polar surface area (TPSA) is 79.1 Å². The number of carboxylic acids is 1. The maximum Gasteiger partial charge on any atom is 0.356 e. The number of fused-ring (bicyclic) bond motifs is 1. The molecular formula is C14H18N4O3. The van der Waals surface area contributed by atoms with Gasteiger partial charge in [-0.15, -0.1) is 0 Å². The lowest BCUT2D eigenvalue weighted by atomic mass is 10.3. The molecule has 21 heavy (non-hydrogen) atoms. The number of imidazole rings is 1. The van der Waals surface area contributed by atoms with E-state index in [4.69, 9.17) is 4.74 Å². The lowest BCUT2D eigenvalue weighted by Crippen LogP contribution is -2.43. The first-order valence-electron chi connectivity index (χ1n) is 6.91. The largest absolute Gasteiger partial charge is 0.482 e. The Kier molecular flexibility index (Phi) is 3.76. The smallest absolute Gasteiger partial charge is 0.356 e. The molecule has 1 fully saturated rings. The standard InChI is InChI=1S/C14H18N4O3/c1-21-12-4-2-3-10-13(14(19)20)16-11(18(10)12)9-17-7-5-15-6-8-17/h2-4,15H,5-9H2,1H3,(H,19,20). The molecule has 2 aromatic heterocycles. The van der Waals surface area contributed by atoms with Crippen LogP contribution in [0, 0.1) is 0 Å². The van der Waals surface area contributed by atoms with E-state index in [1.807, 2.05) is 6.07 Å². The number of nitrogens with one attached hydrogen (secondary N) is 1. The van der Waals surface area contributed by atoms with E-state index in [1.54, 1.807) is 23.6 Å². The first-order chi connectivity index (χ1) is 10.2. The zero-order valence-electron chi connectivity index (χ0n) is 11.9. The van der Waals surface area contributed by atoms with Crippen LogP contribution in [0.1, 0.15) is 16.3 Å². The maximum absolute atomic E-state index is 11.4. The van der Waals surface area contributed by atoms with Crippen LogP contribution in [0.5, 0.6) is 5.88 Å². The second kappa shape index (κ2) is 5.71. The summed E-state index contributed by atoms with van der Waals surface area (Å²) in [4.78, 5) is 17.9. The number of carboxylic acid groups (broad SMARTS) is 1. The van der Waals surface area contributed by atoms with Gasteiger partial charge >= 0.3 is 5.97 Å². The highest BCUT2D eigenvalue weighted by molar-refractivity contribution is 5.93. The van der Waals surface area contributed by atoms with E-state index in [0.717, 1.165) is 26.2 Å². The van der Waals surface area contributed by atoms with Crippen molar-refractivity contribution in [1.29, 1.82) is 0 Å². The molecule has 7 heteroatoms. The Morgan fingerprint density at radius 2 is 2.19 bits per heavy atom. The van der Waals surface area contributed by atoms with Gasteiger partial charge in [0.15, 0.2) is 11.6 Å². The number of nitrogens with zero attached hydrogens (tertiary/aromatic N) is 3. The second-order valence-electron chi connectivity index (χ2n) is 5.00. The van der Waals surface area contributed by atoms with Crippen molar-refractivity contribution in [3.05, 3.63) is 29.7 Å². The Morgan fingerprint density at radius 3 is 2.86 bits per heavy atom. The van der Waals surface area contributed by atoms with Crippen molar-refractivity contribution >= 4 is 11.5 Å². The molecule has 0 spiro atoms. The average Bonchev–Trinajstić information content (AvgIpc) is 2.87. The van der Waals surface area contributed by atoms with E-state index in [1.165, 1.54) is 0 Å². The molecule has 0 radical (unpaired) electrons. The lowest BCUT2D eigenvalue weighted by Gasteiger charge is -2.26. The highest BCUT2D eigenvalue weighted by atomic mass is 16.5. The third kappa shape index (κ3) is 2.57. The van der Waals surface area contributed by atoms with Gasteiger partial charge in [0.05, 0.1) is 19.2 Å². The summed E-state index contributed by atoms with van der Waals surface area (Å²) in [6.07, 6.45) is 0. The van der Waals surface area contributed by atoms with Crippen molar-refractivity contribution in [3.63, 3.8) is 0 Å². The van der Waals surface area contributed by atoms with Crippen molar-refractivity contribution in [2.45, 2.75) is 6.54 Å². The molecule has 1 aliphatic heterocycles. The maximum atomic E-state index is 11.4. The van der Waals surface area contributed by atoms with Crippen LogP contribution in [-0.2, 0) is 6.54 Å². The SMILES string of the molecule is COc1cccc2c(C(=O)O)nc(CN3CCNCC3)n12. The van der Waals surface area contributed by atoms with E-state index >= 15 is 0 Å². The van der Waals surface area contributed by atoms with Gasteiger partial charge in [-0.3, -0.25) is 9.30 Å². The van der Waals surface area contributed by atoms with Crippen molar-refractivity contribution in [2.75, 3.05) is 33.3 Å². The fourth-order valence-corrected chi connectivity index (χ4v) is 2.67. The summed E-state index contributed by atoms with van der Waals surface area (Å²) < 4.78 is 7.13. The molecule has 1 aliphatic rings. The monoisotopic (exact) mass is 290 g/mol. The van der Waals surface area contributed by atoms with Gasteiger partial charge < -0.3 is 15.2 Å². The molecule has 3 heterocycles. The zero-order chi connectivity index (χ0) is 14.8. The van der Waals surface area contributed by atoms with Crippen LogP contribution < -0.4 is 10.1 Å². The summed E-state index contributed by atoms with van der Waals surface area (Å²) in [6.45, 7) is 4.33. The fourth-order valence-electron chi connectivity index (χ4n) is 2.67. The van der Waals surface area contributed by atoms with Gasteiger partial charge in [-0.25, -0.2) is 9.78 Å². The Morgan fingerprint density at radius 1 is 1.43 bits per heavy atom. The minimum Gasteiger partial charge on any atom is -0.482 e. The van der Waals surface area contributed by atoms with Crippen LogP contribution in [0.15, 0.2) is 18.2 Å². The average molecular weight is 290 g/mol. The van der Waals surface area contributed by atoms with Crippen molar-refractivity contribution < 1.29 is 14.6 Å². The molecule has 0 saturated carbocycles. The normalized spacial score (nSPS) is 16.2. The Balaban J connectivity index is 2.05. The van der Waals surface area contributed by atoms with Gasteiger partial charge in [0.25, 0.3) is 0 Å². The lowest BCUT2D eigenvalue weighted by molar-refractivity contribution is 0.0693. The van der Waals surface area contributed by atoms with Gasteiger partial charge in [0.1, 0.15) is 5.82 Å². The highest BCUT2D eigenvalue weighted by Gasteiger charge is 2.21. The second-order valence-corrected chi connectivity index (χ2v) is 5.00. The summed E-state index contributed by atoms with van der Waals surface area (Å²) in [6, 6.07) is 5.33. The molecule has 0 atom stereocenters. The first kappa shape index (κ1) is 13.8. The van der Waals surface area contributed by atoms with Gasteiger partial charge in [-0.2, -0.15) is 0 Å². The van der Waals surface area contributed by atoms with Crippen LogP contribution in [0.2, 0.25) is 0 Å². The van der Waals surface area contributed by atoms with E-state index in [0.29, 0.717) is 23.8 Å². The highest BCUT2D eigenvalue weighted by Crippen LogP contribution is 2.22. The van der Waals surface area contributed by atoms with Crippen LogP contribution >= 0.6 is 0 Å². The van der Waals surface area contributed by atoms with Crippen molar-refractivity contribution in [2.24, 2.45) is 0 Å². The summed E-state index contributed by atoms with van der Waals surface area (Å²) in [5.41, 5.74) is 0.631. The van der Waals surface area contributed by atoms with E-state index < -0.39 is 5.97 Å². The molecule has 3 rings (SSSR count). The predicted molar refractivity (Wildman–Crippen MR) is 76.9 cm³/mol. The van der Waals surface area contributed by atoms with E-state index in [-0.39, 0.29) is 5.69 Å². The molecule has 0 aliphatic carbocycles. The number of aromatic carboxylic acids is 1. The number of aromatic nitrogens is 2. The molecule has 0 bridgehead atoms. The minimum absolute atomic E-state index is 0.0686. The molecule has 112 valence electrons. The van der Waals surface area contributed by atoms with Gasteiger partial charge in [0.2, 0.25) is 0 Å². The third-order valence-corrected chi connectivity index (χ3v) is 3.68. The number of hydrogen-bond acceptors (Lipinski definition) is 5. The molecule has 1 saturated heterocycles. The molecule has 2 N–H and O–H groups in total. The van der Waals surface area contributed by atoms with Crippen molar-refractivity contribution in [3.8, 4) is 5.88 Å². The Labute approximate surface area is 122 Å². The number of hydrogen-bond donors (Lipinski definition) is 2. The minimum atomic E-state index is -1.02. The van der Waals surface area contributed by atoms with E-state index in [2.05, 4.69) is 15.2 Å². The number of carbonyl (C=O) groups is 1. The number of rotatable bonds is 4. The number of piperazine rings is 1. The zero-order valence-corrected chi connectivity index (χ0v) is 11.9. The molecule has 0 unspecified atom stereocenters. The predicted octanol–water partition coefficient (Wildman–Crippen LogP) is 0.446. The third-order valence-electron chi connectivity index (χ3n) is 3.68. The molecule has 2 aromatic rings. The van der Waals surface area contributed by atoms with Crippen LogP contribution in [0.4, 0.5) is 0 Å². The summed E-state index contributed by atoms with van der Waals surface area (Å²) in [5.74, 6) is 0.270. The molecule has 7 nitrogen and oxygen atoms in total.